The lowest BCUT2D eigenvalue weighted by molar-refractivity contribution is -0.114. The molecule has 0 aliphatic rings. The quantitative estimate of drug-likeness (QED) is 0.915. The Morgan fingerprint density at radius 1 is 1.04 bits per heavy atom. The number of hydrogen-bond donors (Lipinski definition) is 1. The SMILES string of the molecule is Cc1cccc(NC(=O)CN(c2ccccc2)S(C)(=O)=O)c1C. The van der Waals surface area contributed by atoms with E-state index in [1.165, 1.54) is 0 Å². The average Bonchev–Trinajstić information content (AvgIpc) is 2.49. The maximum absolute atomic E-state index is 12.3. The zero-order valence-corrected chi connectivity index (χ0v) is 14.2. The van der Waals surface area contributed by atoms with E-state index in [0.717, 1.165) is 21.7 Å². The van der Waals surface area contributed by atoms with Crippen LogP contribution in [0.1, 0.15) is 11.1 Å². The van der Waals surface area contributed by atoms with Crippen LogP contribution in [0.4, 0.5) is 11.4 Å². The second kappa shape index (κ2) is 6.83. The zero-order chi connectivity index (χ0) is 17.0. The summed E-state index contributed by atoms with van der Waals surface area (Å²) >= 11 is 0. The van der Waals surface area contributed by atoms with Gasteiger partial charge in [0.05, 0.1) is 11.9 Å². The van der Waals surface area contributed by atoms with Crippen molar-refractivity contribution >= 4 is 27.3 Å². The first-order valence-corrected chi connectivity index (χ1v) is 9.02. The second-order valence-corrected chi connectivity index (χ2v) is 7.31. The number of nitrogens with one attached hydrogen (secondary N) is 1. The largest absolute Gasteiger partial charge is 0.324 e. The molecule has 6 heteroatoms. The Kier molecular flexibility index (Phi) is 5.05. The fourth-order valence-corrected chi connectivity index (χ4v) is 3.06. The van der Waals surface area contributed by atoms with Crippen molar-refractivity contribution in [2.45, 2.75) is 13.8 Å². The lowest BCUT2D eigenvalue weighted by atomic mass is 10.1. The number of nitrogens with zero attached hydrogens (tertiary/aromatic N) is 1. The van der Waals surface area contributed by atoms with E-state index >= 15 is 0 Å². The Morgan fingerprint density at radius 3 is 2.30 bits per heavy atom. The number of amides is 1. The summed E-state index contributed by atoms with van der Waals surface area (Å²) in [5.74, 6) is -0.382. The van der Waals surface area contributed by atoms with E-state index in [2.05, 4.69) is 5.32 Å². The Balaban J connectivity index is 2.21. The van der Waals surface area contributed by atoms with Crippen LogP contribution in [-0.4, -0.2) is 27.1 Å². The minimum absolute atomic E-state index is 0.268. The number of aryl methyl sites for hydroxylation is 1. The van der Waals surface area contributed by atoms with E-state index in [-0.39, 0.29) is 12.5 Å². The van der Waals surface area contributed by atoms with Crippen LogP contribution in [0.2, 0.25) is 0 Å². The summed E-state index contributed by atoms with van der Waals surface area (Å²) in [5, 5.41) is 2.78. The van der Waals surface area contributed by atoms with E-state index in [4.69, 9.17) is 0 Å². The van der Waals surface area contributed by atoms with Gasteiger partial charge in [-0.05, 0) is 43.2 Å². The molecule has 0 aliphatic heterocycles. The minimum atomic E-state index is -3.55. The second-order valence-electron chi connectivity index (χ2n) is 5.40. The zero-order valence-electron chi connectivity index (χ0n) is 13.4. The van der Waals surface area contributed by atoms with E-state index < -0.39 is 10.0 Å². The van der Waals surface area contributed by atoms with Gasteiger partial charge in [0.1, 0.15) is 6.54 Å². The first kappa shape index (κ1) is 17.0. The summed E-state index contributed by atoms with van der Waals surface area (Å²) in [6.07, 6.45) is 1.09. The van der Waals surface area contributed by atoms with Gasteiger partial charge in [-0.1, -0.05) is 30.3 Å². The summed E-state index contributed by atoms with van der Waals surface area (Å²) in [5.41, 5.74) is 3.18. The van der Waals surface area contributed by atoms with Crippen molar-refractivity contribution in [2.24, 2.45) is 0 Å². The van der Waals surface area contributed by atoms with Gasteiger partial charge in [-0.25, -0.2) is 8.42 Å². The third-order valence-corrected chi connectivity index (χ3v) is 4.75. The lowest BCUT2D eigenvalue weighted by Crippen LogP contribution is -2.37. The van der Waals surface area contributed by atoms with Gasteiger partial charge in [0.2, 0.25) is 15.9 Å². The predicted molar refractivity (Wildman–Crippen MR) is 93.2 cm³/mol. The molecule has 2 rings (SSSR count). The molecular weight excluding hydrogens is 312 g/mol. The first-order valence-electron chi connectivity index (χ1n) is 7.18. The Labute approximate surface area is 137 Å². The van der Waals surface area contributed by atoms with Crippen molar-refractivity contribution in [1.82, 2.24) is 0 Å². The number of anilines is 2. The Hall–Kier alpha value is -2.34. The lowest BCUT2D eigenvalue weighted by Gasteiger charge is -2.22. The fraction of sp³-hybridized carbons (Fsp3) is 0.235. The third kappa shape index (κ3) is 4.32. The van der Waals surface area contributed by atoms with Gasteiger partial charge in [0.15, 0.2) is 0 Å². The maximum atomic E-state index is 12.3. The van der Waals surface area contributed by atoms with Crippen molar-refractivity contribution in [3.05, 3.63) is 59.7 Å². The van der Waals surface area contributed by atoms with Crippen LogP contribution in [0.3, 0.4) is 0 Å². The van der Waals surface area contributed by atoms with Crippen molar-refractivity contribution in [2.75, 3.05) is 22.4 Å². The van der Waals surface area contributed by atoms with E-state index in [0.29, 0.717) is 11.4 Å². The van der Waals surface area contributed by atoms with Crippen LogP contribution >= 0.6 is 0 Å². The Morgan fingerprint density at radius 2 is 1.70 bits per heavy atom. The van der Waals surface area contributed by atoms with Crippen LogP contribution in [0.5, 0.6) is 0 Å². The summed E-state index contributed by atoms with van der Waals surface area (Å²) in [6.45, 7) is 3.60. The topological polar surface area (TPSA) is 66.5 Å². The number of benzene rings is 2. The molecular formula is C17H20N2O3S. The van der Waals surface area contributed by atoms with Crippen LogP contribution in [0, 0.1) is 13.8 Å². The summed E-state index contributed by atoms with van der Waals surface area (Å²) < 4.78 is 25.1. The number of rotatable bonds is 5. The highest BCUT2D eigenvalue weighted by atomic mass is 32.2. The molecule has 1 N–H and O–H groups in total. The maximum Gasteiger partial charge on any atom is 0.245 e. The molecule has 0 atom stereocenters. The molecule has 0 saturated heterocycles. The molecule has 0 bridgehead atoms. The van der Waals surface area contributed by atoms with Crippen LogP contribution in [0.15, 0.2) is 48.5 Å². The van der Waals surface area contributed by atoms with Gasteiger partial charge in [-0.3, -0.25) is 9.10 Å². The number of para-hydroxylation sites is 1. The summed E-state index contributed by atoms with van der Waals surface area (Å²) in [4.78, 5) is 12.3. The first-order chi connectivity index (χ1) is 10.8. The van der Waals surface area contributed by atoms with Crippen molar-refractivity contribution in [3.8, 4) is 0 Å². The third-order valence-electron chi connectivity index (χ3n) is 3.61. The van der Waals surface area contributed by atoms with Crippen LogP contribution in [0.25, 0.3) is 0 Å². The molecule has 0 radical (unpaired) electrons. The van der Waals surface area contributed by atoms with Gasteiger partial charge < -0.3 is 5.32 Å². The number of sulfonamides is 1. The van der Waals surface area contributed by atoms with Crippen LogP contribution < -0.4 is 9.62 Å². The Bertz CT molecular complexity index is 802. The summed E-state index contributed by atoms with van der Waals surface area (Å²) in [7, 11) is -3.55. The van der Waals surface area contributed by atoms with Gasteiger partial charge in [-0.2, -0.15) is 0 Å². The number of hydrogen-bond acceptors (Lipinski definition) is 3. The van der Waals surface area contributed by atoms with Crippen molar-refractivity contribution in [1.29, 1.82) is 0 Å². The van der Waals surface area contributed by atoms with Gasteiger partial charge in [-0.15, -0.1) is 0 Å². The van der Waals surface area contributed by atoms with E-state index in [1.807, 2.05) is 26.0 Å². The molecule has 0 aliphatic carbocycles. The molecule has 0 spiro atoms. The molecule has 23 heavy (non-hydrogen) atoms. The molecule has 2 aromatic carbocycles. The molecule has 0 fully saturated rings. The van der Waals surface area contributed by atoms with Gasteiger partial charge in [0, 0.05) is 5.69 Å². The van der Waals surface area contributed by atoms with Crippen molar-refractivity contribution in [3.63, 3.8) is 0 Å². The molecule has 122 valence electrons. The minimum Gasteiger partial charge on any atom is -0.324 e. The smallest absolute Gasteiger partial charge is 0.245 e. The van der Waals surface area contributed by atoms with Crippen LogP contribution in [-0.2, 0) is 14.8 Å². The summed E-state index contributed by atoms with van der Waals surface area (Å²) in [6, 6.07) is 14.2. The standard InChI is InChI=1S/C17H20N2O3S/c1-13-8-7-11-16(14(13)2)18-17(20)12-19(23(3,21)22)15-9-5-4-6-10-15/h4-11H,12H2,1-3H3,(H,18,20). The molecule has 0 heterocycles. The van der Waals surface area contributed by atoms with Crippen molar-refractivity contribution < 1.29 is 13.2 Å². The molecule has 2 aromatic rings. The number of carbonyl (C=O) groups is 1. The van der Waals surface area contributed by atoms with Gasteiger partial charge in [0.25, 0.3) is 0 Å². The number of carbonyl (C=O) groups excluding carboxylic acids is 1. The highest BCUT2D eigenvalue weighted by Gasteiger charge is 2.20. The highest BCUT2D eigenvalue weighted by Crippen LogP contribution is 2.19. The molecule has 0 saturated carbocycles. The monoisotopic (exact) mass is 332 g/mol. The normalized spacial score (nSPS) is 11.1. The average molecular weight is 332 g/mol. The van der Waals surface area contributed by atoms with E-state index in [9.17, 15) is 13.2 Å². The molecule has 1 amide bonds. The highest BCUT2D eigenvalue weighted by molar-refractivity contribution is 7.92. The predicted octanol–water partition coefficient (Wildman–Crippen LogP) is 2.71. The molecule has 0 unspecified atom stereocenters. The molecule has 0 aromatic heterocycles. The van der Waals surface area contributed by atoms with Gasteiger partial charge >= 0.3 is 0 Å². The van der Waals surface area contributed by atoms with E-state index in [1.54, 1.807) is 36.4 Å². The molecule has 5 nitrogen and oxygen atoms in total. The fourth-order valence-electron chi connectivity index (χ4n) is 2.20.